The van der Waals surface area contributed by atoms with Gasteiger partial charge in [-0.2, -0.15) is 0 Å². The molecule has 8 nitrogen and oxygen atoms in total. The second kappa shape index (κ2) is 10.7. The molecule has 0 aliphatic heterocycles. The number of halogens is 2. The Kier molecular flexibility index (Phi) is 7.32. The second-order valence-electron chi connectivity index (χ2n) is 10.4. The van der Waals surface area contributed by atoms with E-state index in [1.807, 2.05) is 0 Å². The van der Waals surface area contributed by atoms with Gasteiger partial charge in [-0.1, -0.05) is 13.0 Å². The van der Waals surface area contributed by atoms with Crippen LogP contribution in [0.4, 0.5) is 8.78 Å². The molecular formula is C28H33F2N5O3. The molecule has 3 aromatic rings. The summed E-state index contributed by atoms with van der Waals surface area (Å²) in [5.41, 5.74) is 2.67. The summed E-state index contributed by atoms with van der Waals surface area (Å²) >= 11 is 0. The average Bonchev–Trinajstić information content (AvgIpc) is 3.66. The Bertz CT molecular complexity index is 1370. The molecule has 38 heavy (non-hydrogen) atoms. The van der Waals surface area contributed by atoms with Crippen LogP contribution in [0.25, 0.3) is 22.3 Å². The Hall–Kier alpha value is -3.56. The van der Waals surface area contributed by atoms with E-state index >= 15 is 4.39 Å². The molecule has 0 bridgehead atoms. The van der Waals surface area contributed by atoms with Gasteiger partial charge in [0.2, 0.25) is 5.91 Å². The average molecular weight is 526 g/mol. The molecule has 2 aliphatic carbocycles. The maximum absolute atomic E-state index is 15.5. The summed E-state index contributed by atoms with van der Waals surface area (Å²) in [6, 6.07) is 2.51. The van der Waals surface area contributed by atoms with E-state index in [1.165, 1.54) is 6.33 Å². The molecule has 202 valence electrons. The first-order chi connectivity index (χ1) is 18.3. The highest BCUT2D eigenvalue weighted by Crippen LogP contribution is 2.39. The number of alkyl halides is 1. The molecular weight excluding hydrogens is 492 g/mol. The van der Waals surface area contributed by atoms with E-state index in [4.69, 9.17) is 4.74 Å². The van der Waals surface area contributed by atoms with Crippen molar-refractivity contribution in [1.82, 2.24) is 25.6 Å². The number of carbonyl (C=O) groups excluding carboxylic acids is 2. The lowest BCUT2D eigenvalue weighted by molar-refractivity contribution is -0.122. The molecule has 2 fully saturated rings. The standard InChI is InChI=1S/C28H33F2N5O3/c1-4-21(36)35-19-9-8-17(11-18(19)29)34-28(37)22-15(3)33-27-25(22)31-13-32-26(27)23-20(38-12-16-6-7-16)10-5-14(2)24(23)30/h5,10,13,16-19,33H,4,6-9,11-12H2,1-3H3,(H,34,37)(H,35,36)/t17-,18-,19-/m1/s1. The molecule has 2 aliphatic rings. The number of hydrogen-bond donors (Lipinski definition) is 3. The van der Waals surface area contributed by atoms with Crippen molar-refractivity contribution in [3.8, 4) is 17.0 Å². The Morgan fingerprint density at radius 3 is 2.63 bits per heavy atom. The van der Waals surface area contributed by atoms with Gasteiger partial charge in [-0.15, -0.1) is 0 Å². The van der Waals surface area contributed by atoms with Crippen molar-refractivity contribution in [2.75, 3.05) is 6.61 Å². The first-order valence-electron chi connectivity index (χ1n) is 13.3. The number of carbonyl (C=O) groups is 2. The largest absolute Gasteiger partial charge is 0.492 e. The highest BCUT2D eigenvalue weighted by Gasteiger charge is 2.33. The predicted octanol–water partition coefficient (Wildman–Crippen LogP) is 4.68. The van der Waals surface area contributed by atoms with E-state index in [0.29, 0.717) is 71.1 Å². The fourth-order valence-corrected chi connectivity index (χ4v) is 5.06. The van der Waals surface area contributed by atoms with E-state index in [1.54, 1.807) is 32.9 Å². The Morgan fingerprint density at radius 1 is 1.13 bits per heavy atom. The lowest BCUT2D eigenvalue weighted by atomic mass is 9.89. The minimum Gasteiger partial charge on any atom is -0.492 e. The highest BCUT2D eigenvalue weighted by atomic mass is 19.1. The van der Waals surface area contributed by atoms with Gasteiger partial charge in [0.05, 0.1) is 29.3 Å². The summed E-state index contributed by atoms with van der Waals surface area (Å²) < 4.78 is 36.2. The van der Waals surface area contributed by atoms with Crippen LogP contribution in [-0.2, 0) is 4.79 Å². The number of rotatable bonds is 8. The van der Waals surface area contributed by atoms with E-state index in [9.17, 15) is 14.0 Å². The summed E-state index contributed by atoms with van der Waals surface area (Å²) in [5, 5.41) is 5.65. The first-order valence-corrected chi connectivity index (χ1v) is 13.3. The molecule has 2 aromatic heterocycles. The van der Waals surface area contributed by atoms with Crippen LogP contribution in [-0.4, -0.2) is 51.6 Å². The molecule has 2 amide bonds. The van der Waals surface area contributed by atoms with Crippen LogP contribution in [0.2, 0.25) is 0 Å². The molecule has 2 saturated carbocycles. The number of H-pyrrole nitrogens is 1. The van der Waals surface area contributed by atoms with E-state index in [-0.39, 0.29) is 29.8 Å². The van der Waals surface area contributed by atoms with Crippen LogP contribution in [0, 0.1) is 25.6 Å². The van der Waals surface area contributed by atoms with Gasteiger partial charge in [-0.25, -0.2) is 18.7 Å². The summed E-state index contributed by atoms with van der Waals surface area (Å²) in [6.07, 6.45) is 3.66. The third kappa shape index (κ3) is 5.21. The van der Waals surface area contributed by atoms with E-state index in [2.05, 4.69) is 25.6 Å². The smallest absolute Gasteiger partial charge is 0.255 e. The molecule has 0 radical (unpaired) electrons. The summed E-state index contributed by atoms with van der Waals surface area (Å²) in [7, 11) is 0. The van der Waals surface area contributed by atoms with Crippen molar-refractivity contribution in [3.63, 3.8) is 0 Å². The number of aryl methyl sites for hydroxylation is 2. The van der Waals surface area contributed by atoms with Crippen LogP contribution < -0.4 is 15.4 Å². The molecule has 3 atom stereocenters. The molecule has 0 unspecified atom stereocenters. The number of nitrogens with one attached hydrogen (secondary N) is 3. The molecule has 2 heterocycles. The van der Waals surface area contributed by atoms with Crippen LogP contribution >= 0.6 is 0 Å². The quantitative estimate of drug-likeness (QED) is 0.396. The van der Waals surface area contributed by atoms with Crippen LogP contribution in [0.5, 0.6) is 5.75 Å². The Balaban J connectivity index is 1.41. The van der Waals surface area contributed by atoms with Crippen LogP contribution in [0.15, 0.2) is 18.5 Å². The minimum atomic E-state index is -1.25. The van der Waals surface area contributed by atoms with Gasteiger partial charge >= 0.3 is 0 Å². The second-order valence-corrected chi connectivity index (χ2v) is 10.4. The van der Waals surface area contributed by atoms with E-state index < -0.39 is 18.0 Å². The Morgan fingerprint density at radius 2 is 1.92 bits per heavy atom. The number of aromatic amines is 1. The maximum Gasteiger partial charge on any atom is 0.255 e. The number of hydrogen-bond acceptors (Lipinski definition) is 5. The number of nitrogens with zero attached hydrogens (tertiary/aromatic N) is 2. The van der Waals surface area contributed by atoms with Gasteiger partial charge in [-0.05, 0) is 57.1 Å². The lowest BCUT2D eigenvalue weighted by Crippen LogP contribution is -2.49. The monoisotopic (exact) mass is 525 g/mol. The fourth-order valence-electron chi connectivity index (χ4n) is 5.06. The summed E-state index contributed by atoms with van der Waals surface area (Å²) in [6.45, 7) is 5.66. The highest BCUT2D eigenvalue weighted by molar-refractivity contribution is 6.09. The first kappa shape index (κ1) is 26.1. The summed E-state index contributed by atoms with van der Waals surface area (Å²) in [4.78, 5) is 36.9. The van der Waals surface area contributed by atoms with Crippen molar-refractivity contribution < 1.29 is 23.1 Å². The number of aromatic nitrogens is 3. The van der Waals surface area contributed by atoms with Gasteiger partial charge < -0.3 is 20.4 Å². The summed E-state index contributed by atoms with van der Waals surface area (Å²) in [5.74, 6) is -0.114. The predicted molar refractivity (Wildman–Crippen MR) is 139 cm³/mol. The SMILES string of the molecule is CCC(=O)N[C@@H]1CC[C@@H](NC(=O)c2c(C)[nH]c3c(-c4c(OCC5CC5)ccc(C)c4F)ncnc23)C[C@H]1F. The topological polar surface area (TPSA) is 109 Å². The fraction of sp³-hybridized carbons (Fsp3) is 0.500. The third-order valence-corrected chi connectivity index (χ3v) is 7.48. The van der Waals surface area contributed by atoms with Gasteiger partial charge in [0.1, 0.15) is 35.3 Å². The zero-order chi connectivity index (χ0) is 27.0. The molecule has 10 heteroatoms. The van der Waals surface area contributed by atoms with Crippen molar-refractivity contribution in [1.29, 1.82) is 0 Å². The molecule has 0 spiro atoms. The van der Waals surface area contributed by atoms with Crippen molar-refractivity contribution in [3.05, 3.63) is 41.1 Å². The van der Waals surface area contributed by atoms with Gasteiger partial charge in [0, 0.05) is 24.6 Å². The normalized spacial score (nSPS) is 21.3. The number of amides is 2. The number of fused-ring (bicyclic) bond motifs is 1. The van der Waals surface area contributed by atoms with Gasteiger partial charge in [-0.3, -0.25) is 9.59 Å². The lowest BCUT2D eigenvalue weighted by Gasteiger charge is -2.32. The third-order valence-electron chi connectivity index (χ3n) is 7.48. The molecule has 3 N–H and O–H groups in total. The Labute approximate surface area is 220 Å². The number of benzene rings is 1. The van der Waals surface area contributed by atoms with Gasteiger partial charge in [0.25, 0.3) is 5.91 Å². The number of ether oxygens (including phenoxy) is 1. The molecule has 1 aromatic carbocycles. The molecule has 0 saturated heterocycles. The van der Waals surface area contributed by atoms with E-state index in [0.717, 1.165) is 12.8 Å². The molecule has 5 rings (SSSR count). The van der Waals surface area contributed by atoms with Crippen molar-refractivity contribution in [2.45, 2.75) is 77.6 Å². The van der Waals surface area contributed by atoms with Gasteiger partial charge in [0.15, 0.2) is 0 Å². The van der Waals surface area contributed by atoms with Crippen molar-refractivity contribution >= 4 is 22.8 Å². The van der Waals surface area contributed by atoms with Crippen LogP contribution in [0.1, 0.15) is 67.1 Å². The maximum atomic E-state index is 15.5. The minimum absolute atomic E-state index is 0.109. The van der Waals surface area contributed by atoms with Crippen LogP contribution in [0.3, 0.4) is 0 Å². The zero-order valence-electron chi connectivity index (χ0n) is 21.9. The van der Waals surface area contributed by atoms with Crippen molar-refractivity contribution in [2.24, 2.45) is 5.92 Å². The zero-order valence-corrected chi connectivity index (χ0v) is 21.9.